The zero-order valence-corrected chi connectivity index (χ0v) is 11.1. The summed E-state index contributed by atoms with van der Waals surface area (Å²) in [5.41, 5.74) is 0. The third kappa shape index (κ3) is 5.42. The number of nitrogens with one attached hydrogen (secondary N) is 1. The van der Waals surface area contributed by atoms with E-state index in [0.29, 0.717) is 0 Å². The summed E-state index contributed by atoms with van der Waals surface area (Å²) >= 11 is 1.86. The second-order valence-corrected chi connectivity index (χ2v) is 5.29. The lowest BCUT2D eigenvalue weighted by Crippen LogP contribution is -2.22. The summed E-state index contributed by atoms with van der Waals surface area (Å²) in [6, 6.07) is 8.20. The van der Waals surface area contributed by atoms with Gasteiger partial charge in [-0.15, -0.1) is 11.8 Å². The molecule has 0 radical (unpaired) electrons. The molecule has 0 aliphatic rings. The van der Waals surface area contributed by atoms with E-state index in [0.717, 1.165) is 30.5 Å². The highest BCUT2D eigenvalue weighted by molar-refractivity contribution is 7.99. The monoisotopic (exact) mass is 239 g/mol. The smallest absolute Gasteiger partial charge is 0.119 e. The fourth-order valence-electron chi connectivity index (χ4n) is 1.32. The zero-order chi connectivity index (χ0) is 11.8. The van der Waals surface area contributed by atoms with Gasteiger partial charge in [-0.2, -0.15) is 0 Å². The molecule has 0 amide bonds. The molecule has 1 aromatic carbocycles. The predicted molar refractivity (Wildman–Crippen MR) is 71.4 cm³/mol. The molecule has 0 heterocycles. The van der Waals surface area contributed by atoms with Crippen molar-refractivity contribution >= 4 is 11.8 Å². The topological polar surface area (TPSA) is 21.3 Å². The van der Waals surface area contributed by atoms with Gasteiger partial charge in [0, 0.05) is 17.2 Å². The van der Waals surface area contributed by atoms with Crippen LogP contribution in [0.3, 0.4) is 0 Å². The van der Waals surface area contributed by atoms with E-state index >= 15 is 0 Å². The number of benzene rings is 1. The Kier molecular flexibility index (Phi) is 6.34. The number of hydrogen-bond donors (Lipinski definition) is 1. The van der Waals surface area contributed by atoms with E-state index in [9.17, 15) is 0 Å². The fraction of sp³-hybridized carbons (Fsp3) is 0.538. The Hall–Kier alpha value is -0.670. The van der Waals surface area contributed by atoms with Crippen molar-refractivity contribution in [3.63, 3.8) is 0 Å². The predicted octanol–water partition coefficient (Wildman–Crippen LogP) is 3.03. The van der Waals surface area contributed by atoms with Crippen LogP contribution in [0, 0.1) is 5.92 Å². The van der Waals surface area contributed by atoms with Crippen LogP contribution in [0.1, 0.15) is 13.8 Å². The molecule has 0 aliphatic heterocycles. The van der Waals surface area contributed by atoms with Crippen molar-refractivity contribution in [3.05, 3.63) is 24.3 Å². The molecule has 0 aromatic heterocycles. The van der Waals surface area contributed by atoms with Gasteiger partial charge in [0.05, 0.1) is 7.11 Å². The van der Waals surface area contributed by atoms with Crippen molar-refractivity contribution in [2.45, 2.75) is 18.7 Å². The lowest BCUT2D eigenvalue weighted by atomic mass is 10.2. The minimum absolute atomic E-state index is 0.724. The maximum atomic E-state index is 5.18. The quantitative estimate of drug-likeness (QED) is 0.584. The second-order valence-electron chi connectivity index (χ2n) is 4.13. The van der Waals surface area contributed by atoms with Crippen LogP contribution in [0.15, 0.2) is 29.2 Å². The minimum atomic E-state index is 0.724. The first-order valence-electron chi connectivity index (χ1n) is 5.70. The Morgan fingerprint density at radius 3 is 2.88 bits per heavy atom. The van der Waals surface area contributed by atoms with Gasteiger partial charge in [0.25, 0.3) is 0 Å². The molecule has 0 saturated carbocycles. The largest absolute Gasteiger partial charge is 0.497 e. The summed E-state index contributed by atoms with van der Waals surface area (Å²) in [5, 5.41) is 3.43. The van der Waals surface area contributed by atoms with Crippen LogP contribution in [0.2, 0.25) is 0 Å². The molecule has 0 unspecified atom stereocenters. The molecule has 0 fully saturated rings. The van der Waals surface area contributed by atoms with E-state index in [1.165, 1.54) is 4.90 Å². The van der Waals surface area contributed by atoms with Gasteiger partial charge < -0.3 is 10.1 Å². The number of methoxy groups -OCH3 is 1. The molecule has 3 heteroatoms. The van der Waals surface area contributed by atoms with Gasteiger partial charge in [-0.25, -0.2) is 0 Å². The van der Waals surface area contributed by atoms with Crippen molar-refractivity contribution in [1.82, 2.24) is 5.32 Å². The first-order valence-corrected chi connectivity index (χ1v) is 6.68. The van der Waals surface area contributed by atoms with Crippen LogP contribution in [0.25, 0.3) is 0 Å². The third-order valence-corrected chi connectivity index (χ3v) is 3.14. The van der Waals surface area contributed by atoms with Crippen LogP contribution in [-0.2, 0) is 0 Å². The number of hydrogen-bond acceptors (Lipinski definition) is 3. The molecule has 0 aliphatic carbocycles. The highest BCUT2D eigenvalue weighted by atomic mass is 32.2. The SMILES string of the molecule is COc1cccc(SCCNCC(C)C)c1. The Balaban J connectivity index is 2.21. The van der Waals surface area contributed by atoms with Gasteiger partial charge in [0.2, 0.25) is 0 Å². The molecular formula is C13H21NOS. The van der Waals surface area contributed by atoms with Crippen LogP contribution in [0.5, 0.6) is 5.75 Å². The Morgan fingerprint density at radius 1 is 1.38 bits per heavy atom. The summed E-state index contributed by atoms with van der Waals surface area (Å²) in [7, 11) is 1.70. The fourth-order valence-corrected chi connectivity index (χ4v) is 2.18. The zero-order valence-electron chi connectivity index (χ0n) is 10.3. The van der Waals surface area contributed by atoms with Gasteiger partial charge >= 0.3 is 0 Å². The molecule has 1 N–H and O–H groups in total. The highest BCUT2D eigenvalue weighted by Crippen LogP contribution is 2.22. The molecule has 0 saturated heterocycles. The molecule has 0 bridgehead atoms. The van der Waals surface area contributed by atoms with E-state index in [-0.39, 0.29) is 0 Å². The average Bonchev–Trinajstić information content (AvgIpc) is 2.28. The highest BCUT2D eigenvalue weighted by Gasteiger charge is 1.97. The molecule has 0 spiro atoms. The van der Waals surface area contributed by atoms with E-state index in [2.05, 4.69) is 31.3 Å². The lowest BCUT2D eigenvalue weighted by molar-refractivity contribution is 0.413. The van der Waals surface area contributed by atoms with Crippen molar-refractivity contribution in [2.24, 2.45) is 5.92 Å². The Labute approximate surface area is 103 Å². The molecular weight excluding hydrogens is 218 g/mol. The number of thioether (sulfide) groups is 1. The van der Waals surface area contributed by atoms with Gasteiger partial charge in [0.15, 0.2) is 0 Å². The molecule has 1 rings (SSSR count). The van der Waals surface area contributed by atoms with Crippen LogP contribution in [-0.4, -0.2) is 26.0 Å². The first kappa shape index (κ1) is 13.4. The summed E-state index contributed by atoms with van der Waals surface area (Å²) in [6.45, 7) is 6.60. The van der Waals surface area contributed by atoms with E-state index in [4.69, 9.17) is 4.74 Å². The van der Waals surface area contributed by atoms with Crippen molar-refractivity contribution < 1.29 is 4.74 Å². The van der Waals surface area contributed by atoms with Crippen molar-refractivity contribution in [2.75, 3.05) is 26.0 Å². The van der Waals surface area contributed by atoms with Gasteiger partial charge in [-0.3, -0.25) is 0 Å². The molecule has 16 heavy (non-hydrogen) atoms. The van der Waals surface area contributed by atoms with E-state index < -0.39 is 0 Å². The molecule has 1 aromatic rings. The van der Waals surface area contributed by atoms with Gasteiger partial charge in [0.1, 0.15) is 5.75 Å². The summed E-state index contributed by atoms with van der Waals surface area (Å²) in [4.78, 5) is 1.27. The Bertz CT molecular complexity index is 302. The average molecular weight is 239 g/mol. The van der Waals surface area contributed by atoms with Crippen LogP contribution >= 0.6 is 11.8 Å². The first-order chi connectivity index (χ1) is 7.72. The van der Waals surface area contributed by atoms with E-state index in [1.807, 2.05) is 23.9 Å². The number of ether oxygens (including phenoxy) is 1. The van der Waals surface area contributed by atoms with Crippen molar-refractivity contribution in [1.29, 1.82) is 0 Å². The molecule has 2 nitrogen and oxygen atoms in total. The molecule has 0 atom stereocenters. The normalized spacial score (nSPS) is 10.8. The van der Waals surface area contributed by atoms with Crippen LogP contribution in [0.4, 0.5) is 0 Å². The standard InChI is InChI=1S/C13H21NOS/c1-11(2)10-14-7-8-16-13-6-4-5-12(9-13)15-3/h4-6,9,11,14H,7-8,10H2,1-3H3. The van der Waals surface area contributed by atoms with Crippen molar-refractivity contribution in [3.8, 4) is 5.75 Å². The van der Waals surface area contributed by atoms with E-state index in [1.54, 1.807) is 7.11 Å². The minimum Gasteiger partial charge on any atom is -0.497 e. The summed E-state index contributed by atoms with van der Waals surface area (Å²) in [6.07, 6.45) is 0. The lowest BCUT2D eigenvalue weighted by Gasteiger charge is -2.07. The number of rotatable bonds is 7. The Morgan fingerprint density at radius 2 is 2.19 bits per heavy atom. The maximum Gasteiger partial charge on any atom is 0.119 e. The summed E-state index contributed by atoms with van der Waals surface area (Å²) in [5.74, 6) is 2.75. The molecule has 90 valence electrons. The summed E-state index contributed by atoms with van der Waals surface area (Å²) < 4.78 is 5.18. The van der Waals surface area contributed by atoms with Gasteiger partial charge in [-0.05, 0) is 30.7 Å². The third-order valence-electron chi connectivity index (χ3n) is 2.14. The van der Waals surface area contributed by atoms with Gasteiger partial charge in [-0.1, -0.05) is 19.9 Å². The van der Waals surface area contributed by atoms with Crippen LogP contribution < -0.4 is 10.1 Å². The maximum absolute atomic E-state index is 5.18. The second kappa shape index (κ2) is 7.58.